The molecule has 0 aliphatic carbocycles. The maximum Gasteiger partial charge on any atom is 0.229 e. The summed E-state index contributed by atoms with van der Waals surface area (Å²) in [4.78, 5) is 19.4. The first-order chi connectivity index (χ1) is 12.1. The van der Waals surface area contributed by atoms with Crippen molar-refractivity contribution in [2.24, 2.45) is 0 Å². The largest absolute Gasteiger partial charge is 0.361 e. The molecule has 25 heavy (non-hydrogen) atoms. The summed E-state index contributed by atoms with van der Waals surface area (Å²) < 4.78 is 7.32. The van der Waals surface area contributed by atoms with E-state index in [1.807, 2.05) is 48.4 Å². The molecule has 6 heteroatoms. The Morgan fingerprint density at radius 3 is 2.96 bits per heavy atom. The quantitative estimate of drug-likeness (QED) is 0.736. The van der Waals surface area contributed by atoms with Crippen molar-refractivity contribution in [2.75, 3.05) is 6.54 Å². The van der Waals surface area contributed by atoms with E-state index in [0.717, 1.165) is 53.3 Å². The van der Waals surface area contributed by atoms with Crippen LogP contribution < -0.4 is 0 Å². The molecule has 6 nitrogen and oxygen atoms in total. The molecule has 1 aliphatic rings. The van der Waals surface area contributed by atoms with Crippen molar-refractivity contribution in [3.05, 3.63) is 52.8 Å². The highest BCUT2D eigenvalue weighted by Gasteiger charge is 2.33. The fraction of sp³-hybridized carbons (Fsp3) is 0.421. The first-order valence-electron chi connectivity index (χ1n) is 8.70. The van der Waals surface area contributed by atoms with Crippen LogP contribution in [0.5, 0.6) is 0 Å². The molecule has 0 aromatic carbocycles. The van der Waals surface area contributed by atoms with E-state index in [1.165, 1.54) is 0 Å². The van der Waals surface area contributed by atoms with Crippen LogP contribution in [-0.2, 0) is 11.2 Å². The van der Waals surface area contributed by atoms with E-state index in [9.17, 15) is 4.79 Å². The molecule has 0 saturated carbocycles. The number of aryl methyl sites for hydroxylation is 3. The second-order valence-corrected chi connectivity index (χ2v) is 6.79. The van der Waals surface area contributed by atoms with Crippen LogP contribution in [0.2, 0.25) is 0 Å². The van der Waals surface area contributed by atoms with Gasteiger partial charge in [0.15, 0.2) is 0 Å². The van der Waals surface area contributed by atoms with Crippen LogP contribution in [0.25, 0.3) is 5.65 Å². The molecule has 0 unspecified atom stereocenters. The van der Waals surface area contributed by atoms with E-state index >= 15 is 0 Å². The van der Waals surface area contributed by atoms with Crippen molar-refractivity contribution in [3.63, 3.8) is 0 Å². The molecule has 0 bridgehead atoms. The second-order valence-electron chi connectivity index (χ2n) is 6.79. The van der Waals surface area contributed by atoms with Gasteiger partial charge in [0.2, 0.25) is 5.91 Å². The van der Waals surface area contributed by atoms with Gasteiger partial charge in [0, 0.05) is 24.5 Å². The Labute approximate surface area is 146 Å². The van der Waals surface area contributed by atoms with Crippen LogP contribution in [0.4, 0.5) is 0 Å². The van der Waals surface area contributed by atoms with E-state index < -0.39 is 0 Å². The average molecular weight is 338 g/mol. The maximum absolute atomic E-state index is 13.0. The van der Waals surface area contributed by atoms with Crippen molar-refractivity contribution >= 4 is 11.6 Å². The highest BCUT2D eigenvalue weighted by Crippen LogP contribution is 2.35. The Morgan fingerprint density at radius 2 is 2.20 bits per heavy atom. The number of rotatable bonds is 3. The summed E-state index contributed by atoms with van der Waals surface area (Å²) >= 11 is 0. The fourth-order valence-corrected chi connectivity index (χ4v) is 3.92. The molecule has 1 fully saturated rings. The lowest BCUT2D eigenvalue weighted by Crippen LogP contribution is -2.32. The Bertz CT molecular complexity index is 921. The molecule has 1 saturated heterocycles. The number of carbonyl (C=O) groups excluding carboxylic acids is 1. The third kappa shape index (κ3) is 2.62. The van der Waals surface area contributed by atoms with Crippen molar-refractivity contribution in [1.29, 1.82) is 0 Å². The summed E-state index contributed by atoms with van der Waals surface area (Å²) in [6.07, 6.45) is 6.09. The highest BCUT2D eigenvalue weighted by molar-refractivity contribution is 5.79. The van der Waals surface area contributed by atoms with E-state index in [1.54, 1.807) is 6.20 Å². The Balaban J connectivity index is 1.61. The van der Waals surface area contributed by atoms with Gasteiger partial charge in [0.25, 0.3) is 0 Å². The summed E-state index contributed by atoms with van der Waals surface area (Å²) in [5.41, 5.74) is 4.89. The second kappa shape index (κ2) is 6.02. The summed E-state index contributed by atoms with van der Waals surface area (Å²) in [5, 5.41) is 4.05. The van der Waals surface area contributed by atoms with Gasteiger partial charge < -0.3 is 13.8 Å². The molecule has 4 rings (SSSR count). The van der Waals surface area contributed by atoms with Crippen molar-refractivity contribution in [2.45, 2.75) is 46.1 Å². The molecule has 1 amide bonds. The Morgan fingerprint density at radius 1 is 1.36 bits per heavy atom. The van der Waals surface area contributed by atoms with Crippen LogP contribution in [0.1, 0.15) is 47.2 Å². The number of likely N-dealkylation sites (tertiary alicyclic amines) is 1. The lowest BCUT2D eigenvalue weighted by molar-refractivity contribution is -0.131. The number of fused-ring (bicyclic) bond motifs is 1. The van der Waals surface area contributed by atoms with Crippen molar-refractivity contribution in [1.82, 2.24) is 19.4 Å². The van der Waals surface area contributed by atoms with Gasteiger partial charge in [-0.25, -0.2) is 4.98 Å². The molecule has 4 heterocycles. The van der Waals surface area contributed by atoms with Crippen molar-refractivity contribution < 1.29 is 9.32 Å². The van der Waals surface area contributed by atoms with Crippen LogP contribution in [0, 0.1) is 20.8 Å². The third-order valence-corrected chi connectivity index (χ3v) is 5.13. The molecular formula is C19H22N4O2. The first kappa shape index (κ1) is 15.9. The number of amides is 1. The molecule has 1 atom stereocenters. The monoisotopic (exact) mass is 338 g/mol. The molecule has 3 aromatic heterocycles. The number of nitrogens with zero attached hydrogens (tertiary/aromatic N) is 4. The molecule has 130 valence electrons. The minimum absolute atomic E-state index is 0.0691. The molecular weight excluding hydrogens is 316 g/mol. The van der Waals surface area contributed by atoms with E-state index in [-0.39, 0.29) is 11.9 Å². The highest BCUT2D eigenvalue weighted by atomic mass is 16.5. The van der Waals surface area contributed by atoms with Crippen LogP contribution in [-0.4, -0.2) is 31.9 Å². The van der Waals surface area contributed by atoms with Gasteiger partial charge >= 0.3 is 0 Å². The number of aromatic nitrogens is 3. The molecule has 0 N–H and O–H groups in total. The van der Waals surface area contributed by atoms with E-state index in [2.05, 4.69) is 10.1 Å². The van der Waals surface area contributed by atoms with Gasteiger partial charge in [-0.3, -0.25) is 4.79 Å². The van der Waals surface area contributed by atoms with Gasteiger partial charge in [0.05, 0.1) is 23.9 Å². The van der Waals surface area contributed by atoms with Gasteiger partial charge in [-0.05, 0) is 45.2 Å². The van der Waals surface area contributed by atoms with Crippen LogP contribution in [0.3, 0.4) is 0 Å². The number of hydrogen-bond acceptors (Lipinski definition) is 4. The minimum Gasteiger partial charge on any atom is -0.361 e. The van der Waals surface area contributed by atoms with Gasteiger partial charge in [-0.15, -0.1) is 0 Å². The van der Waals surface area contributed by atoms with Crippen molar-refractivity contribution in [3.8, 4) is 0 Å². The summed E-state index contributed by atoms with van der Waals surface area (Å²) in [7, 11) is 0. The standard InChI is InChI=1S/C19H22N4O2/c1-12-6-4-8-22-15(11-20-19(12)22)10-17(24)23-9-5-7-16(23)18-13(2)21-25-14(18)3/h4,6,8,11,16H,5,7,9-10H2,1-3H3/t16-/m0/s1. The molecule has 0 radical (unpaired) electrons. The predicted molar refractivity (Wildman–Crippen MR) is 93.3 cm³/mol. The number of pyridine rings is 1. The molecule has 1 aliphatic heterocycles. The normalized spacial score (nSPS) is 17.6. The lowest BCUT2D eigenvalue weighted by atomic mass is 10.0. The third-order valence-electron chi connectivity index (χ3n) is 5.13. The zero-order chi connectivity index (χ0) is 17.6. The van der Waals surface area contributed by atoms with Gasteiger partial charge in [-0.2, -0.15) is 0 Å². The SMILES string of the molecule is Cc1noc(C)c1[C@@H]1CCCN1C(=O)Cc1cnc2c(C)cccn12. The fourth-order valence-electron chi connectivity index (χ4n) is 3.92. The number of hydrogen-bond donors (Lipinski definition) is 0. The van der Waals surface area contributed by atoms with Crippen LogP contribution >= 0.6 is 0 Å². The van der Waals surface area contributed by atoms with Gasteiger partial charge in [-0.1, -0.05) is 11.2 Å². The summed E-state index contributed by atoms with van der Waals surface area (Å²) in [5.74, 6) is 0.943. The zero-order valence-electron chi connectivity index (χ0n) is 14.8. The Hall–Kier alpha value is -2.63. The van der Waals surface area contributed by atoms with Crippen LogP contribution in [0.15, 0.2) is 29.0 Å². The topological polar surface area (TPSA) is 63.6 Å². The maximum atomic E-state index is 13.0. The van der Waals surface area contributed by atoms with Gasteiger partial charge in [0.1, 0.15) is 11.4 Å². The minimum atomic E-state index is 0.0691. The van der Waals surface area contributed by atoms with E-state index in [4.69, 9.17) is 4.52 Å². The average Bonchev–Trinajstić information content (AvgIpc) is 3.28. The molecule has 3 aromatic rings. The Kier molecular flexibility index (Phi) is 3.82. The lowest BCUT2D eigenvalue weighted by Gasteiger charge is -2.24. The zero-order valence-corrected chi connectivity index (χ0v) is 14.8. The predicted octanol–water partition coefficient (Wildman–Crippen LogP) is 3.15. The number of imidazole rings is 1. The number of carbonyl (C=O) groups is 1. The first-order valence-corrected chi connectivity index (χ1v) is 8.70. The summed E-state index contributed by atoms with van der Waals surface area (Å²) in [6.45, 7) is 6.68. The molecule has 0 spiro atoms. The smallest absolute Gasteiger partial charge is 0.229 e. The summed E-state index contributed by atoms with van der Waals surface area (Å²) in [6, 6.07) is 4.09. The van der Waals surface area contributed by atoms with E-state index in [0.29, 0.717) is 6.42 Å².